The summed E-state index contributed by atoms with van der Waals surface area (Å²) in [5, 5.41) is 0. The second-order valence-electron chi connectivity index (χ2n) is 4.41. The van der Waals surface area contributed by atoms with Gasteiger partial charge in [0.25, 0.3) is 7.42 Å². The Morgan fingerprint density at radius 2 is 1.92 bits per heavy atom. The van der Waals surface area contributed by atoms with Crippen molar-refractivity contribution in [3.05, 3.63) is 0 Å². The molecule has 0 aromatic carbocycles. The number of likely N-dealkylation sites (tertiary alicyclic amines) is 1. The average molecular weight is 226 g/mol. The maximum Gasteiger partial charge on any atom is 0.253 e. The molecule has 1 saturated heterocycles. The topological polar surface area (TPSA) is 3.24 Å². The first-order valence-electron chi connectivity index (χ1n) is 4.48. The van der Waals surface area contributed by atoms with Gasteiger partial charge in [-0.2, -0.15) is 0 Å². The maximum atomic E-state index is 6.05. The molecule has 1 nitrogen and oxygen atoms in total. The molecule has 1 rings (SSSR count). The van der Waals surface area contributed by atoms with Crippen LogP contribution in [-0.4, -0.2) is 30.1 Å². The molecule has 0 aromatic rings. The summed E-state index contributed by atoms with van der Waals surface area (Å²) in [6.07, 6.45) is 2.45. The first-order valence-corrected chi connectivity index (χ1v) is 8.63. The van der Waals surface area contributed by atoms with E-state index in [0.29, 0.717) is 5.67 Å². The lowest BCUT2D eigenvalue weighted by atomic mass is 10.1. The van der Waals surface area contributed by atoms with E-state index in [-0.39, 0.29) is 5.54 Å². The molecule has 1 unspecified atom stereocenters. The van der Waals surface area contributed by atoms with E-state index in [4.69, 9.17) is 22.2 Å². The van der Waals surface area contributed by atoms with Crippen molar-refractivity contribution in [2.24, 2.45) is 0 Å². The molecule has 0 bridgehead atoms. The van der Waals surface area contributed by atoms with E-state index in [2.05, 4.69) is 25.7 Å². The molecular weight excluding hydrogens is 209 g/mol. The fourth-order valence-electron chi connectivity index (χ4n) is 1.89. The molecule has 0 N–H and O–H groups in total. The van der Waals surface area contributed by atoms with Crippen LogP contribution in [0.1, 0.15) is 33.6 Å². The lowest BCUT2D eigenvalue weighted by molar-refractivity contribution is 0.156. The Kier molecular flexibility index (Phi) is 3.49. The first kappa shape index (κ1) is 10.8. The quantitative estimate of drug-likeness (QED) is 0.490. The number of rotatable bonds is 1. The molecule has 1 heterocycles. The van der Waals surface area contributed by atoms with E-state index < -0.39 is 7.42 Å². The minimum Gasteiger partial charge on any atom is -0.296 e. The van der Waals surface area contributed by atoms with Crippen molar-refractivity contribution in [2.45, 2.75) is 44.8 Å². The minimum absolute atomic E-state index is 0.232. The van der Waals surface area contributed by atoms with Crippen molar-refractivity contribution in [1.29, 1.82) is 0 Å². The lowest BCUT2D eigenvalue weighted by Crippen LogP contribution is -2.48. The molecule has 0 amide bonds. The number of nitrogens with zero attached hydrogens (tertiary/aromatic N) is 1. The number of halogens is 2. The van der Waals surface area contributed by atoms with Gasteiger partial charge in [-0.05, 0) is 40.2 Å². The van der Waals surface area contributed by atoms with Gasteiger partial charge in [0.15, 0.2) is 0 Å². The van der Waals surface area contributed by atoms with Crippen molar-refractivity contribution < 1.29 is 0 Å². The van der Waals surface area contributed by atoms with Crippen molar-refractivity contribution >= 4 is 29.6 Å². The molecule has 1 aliphatic heterocycles. The van der Waals surface area contributed by atoms with Gasteiger partial charge in [0.1, 0.15) is 0 Å². The van der Waals surface area contributed by atoms with E-state index in [9.17, 15) is 0 Å². The number of hydrogen-bond acceptors (Lipinski definition) is 1. The highest BCUT2D eigenvalue weighted by atomic mass is 35.7. The Hall–Kier alpha value is 0.757. The maximum absolute atomic E-state index is 6.05. The van der Waals surface area contributed by atoms with Crippen LogP contribution in [-0.2, 0) is 0 Å². The first-order chi connectivity index (χ1) is 5.43. The van der Waals surface area contributed by atoms with Gasteiger partial charge in [-0.25, -0.2) is 0 Å². The summed E-state index contributed by atoms with van der Waals surface area (Å²) in [5.41, 5.74) is 0.726. The predicted molar refractivity (Wildman–Crippen MR) is 58.3 cm³/mol. The van der Waals surface area contributed by atoms with Crippen LogP contribution in [0.15, 0.2) is 0 Å². The van der Waals surface area contributed by atoms with E-state index in [1.54, 1.807) is 0 Å². The minimum atomic E-state index is -1.51. The van der Waals surface area contributed by atoms with Crippen molar-refractivity contribution in [2.75, 3.05) is 6.54 Å². The summed E-state index contributed by atoms with van der Waals surface area (Å²) in [6.45, 7) is 7.86. The summed E-state index contributed by atoms with van der Waals surface area (Å²) in [6, 6.07) is 0. The van der Waals surface area contributed by atoms with E-state index in [1.165, 1.54) is 12.8 Å². The van der Waals surface area contributed by atoms with Crippen molar-refractivity contribution in [3.63, 3.8) is 0 Å². The third kappa shape index (κ3) is 2.38. The van der Waals surface area contributed by atoms with E-state index >= 15 is 0 Å². The molecule has 1 aliphatic rings. The Morgan fingerprint density at radius 1 is 1.33 bits per heavy atom. The Bertz CT molecular complexity index is 156. The van der Waals surface area contributed by atoms with Gasteiger partial charge in [-0.3, -0.25) is 4.90 Å². The average Bonchev–Trinajstić information content (AvgIpc) is 2.30. The molecule has 0 aliphatic carbocycles. The van der Waals surface area contributed by atoms with Gasteiger partial charge in [0.05, 0.1) is 0 Å². The molecule has 72 valence electrons. The molecule has 1 fully saturated rings. The zero-order valence-corrected chi connectivity index (χ0v) is 10.6. The van der Waals surface area contributed by atoms with Crippen LogP contribution in [0.4, 0.5) is 0 Å². The monoisotopic (exact) mass is 225 g/mol. The molecule has 0 aromatic heterocycles. The predicted octanol–water partition coefficient (Wildman–Crippen LogP) is 2.49. The Balaban J connectivity index is 2.64. The Morgan fingerprint density at radius 3 is 2.25 bits per heavy atom. The van der Waals surface area contributed by atoms with Crippen molar-refractivity contribution in [1.82, 2.24) is 4.90 Å². The summed E-state index contributed by atoms with van der Waals surface area (Å²) in [5.74, 6) is 0. The van der Waals surface area contributed by atoms with Crippen LogP contribution in [0, 0.1) is 0 Å². The van der Waals surface area contributed by atoms with Crippen LogP contribution < -0.4 is 0 Å². The van der Waals surface area contributed by atoms with Gasteiger partial charge in [0, 0.05) is 11.2 Å². The second-order valence-corrected chi connectivity index (χ2v) is 9.34. The molecule has 0 spiro atoms. The summed E-state index contributed by atoms with van der Waals surface area (Å²) < 4.78 is 0. The standard InChI is InChI=1S/C8H17Cl2NSi/c1-8(2,3)11-6-4-5-7(11)12(9)10/h7,12H,4-6H2,1-3H3. The second kappa shape index (κ2) is 3.87. The van der Waals surface area contributed by atoms with Gasteiger partial charge in [-0.1, -0.05) is 0 Å². The van der Waals surface area contributed by atoms with Gasteiger partial charge in [-0.15, -0.1) is 22.2 Å². The zero-order valence-electron chi connectivity index (χ0n) is 7.98. The highest BCUT2D eigenvalue weighted by molar-refractivity contribution is 7.34. The third-order valence-corrected chi connectivity index (χ3v) is 5.47. The van der Waals surface area contributed by atoms with Crippen molar-refractivity contribution in [3.8, 4) is 0 Å². The van der Waals surface area contributed by atoms with Crippen LogP contribution in [0.3, 0.4) is 0 Å². The smallest absolute Gasteiger partial charge is 0.253 e. The van der Waals surface area contributed by atoms with Crippen LogP contribution in [0.5, 0.6) is 0 Å². The largest absolute Gasteiger partial charge is 0.296 e. The van der Waals surface area contributed by atoms with Gasteiger partial charge in [0.2, 0.25) is 0 Å². The normalized spacial score (nSPS) is 27.0. The Labute approximate surface area is 86.0 Å². The number of hydrogen-bond donors (Lipinski definition) is 0. The highest BCUT2D eigenvalue weighted by Crippen LogP contribution is 2.29. The molecule has 0 saturated carbocycles. The summed E-state index contributed by atoms with van der Waals surface area (Å²) in [7, 11) is -1.51. The van der Waals surface area contributed by atoms with Gasteiger partial charge >= 0.3 is 0 Å². The SMILES string of the molecule is CC(C)(C)N1CCCC1[SiH](Cl)Cl. The van der Waals surface area contributed by atoms with Crippen LogP contribution >= 0.6 is 22.2 Å². The third-order valence-electron chi connectivity index (χ3n) is 2.45. The highest BCUT2D eigenvalue weighted by Gasteiger charge is 2.36. The van der Waals surface area contributed by atoms with Crippen LogP contribution in [0.25, 0.3) is 0 Å². The fraction of sp³-hybridized carbons (Fsp3) is 1.00. The zero-order chi connectivity index (χ0) is 9.35. The molecule has 1 atom stereocenters. The van der Waals surface area contributed by atoms with E-state index in [1.807, 2.05) is 0 Å². The van der Waals surface area contributed by atoms with Gasteiger partial charge < -0.3 is 0 Å². The molecule has 4 heteroatoms. The van der Waals surface area contributed by atoms with E-state index in [0.717, 1.165) is 6.54 Å². The van der Waals surface area contributed by atoms with Crippen LogP contribution in [0.2, 0.25) is 0 Å². The summed E-state index contributed by atoms with van der Waals surface area (Å²) >= 11 is 12.1. The molecule has 12 heavy (non-hydrogen) atoms. The lowest BCUT2D eigenvalue weighted by Gasteiger charge is -2.37. The molecular formula is C8H17Cl2NSi. The fourth-order valence-corrected chi connectivity index (χ4v) is 4.82. The molecule has 0 radical (unpaired) electrons. The summed E-state index contributed by atoms with van der Waals surface area (Å²) in [4.78, 5) is 2.46.